The van der Waals surface area contributed by atoms with Crippen molar-refractivity contribution in [2.75, 3.05) is 39.8 Å². The maximum absolute atomic E-state index is 12.7. The summed E-state index contributed by atoms with van der Waals surface area (Å²) in [6.45, 7) is 7.02. The molecule has 2 aromatic rings. The average Bonchev–Trinajstić information content (AvgIpc) is 2.64. The van der Waals surface area contributed by atoms with Gasteiger partial charge in [0, 0.05) is 20.1 Å². The molecular formula is C19H27N3O3S. The molecule has 0 saturated heterocycles. The molecule has 2 aromatic carbocycles. The van der Waals surface area contributed by atoms with E-state index < -0.39 is 10.0 Å². The first kappa shape index (κ1) is 20.4. The highest BCUT2D eigenvalue weighted by Crippen LogP contribution is 2.21. The summed E-state index contributed by atoms with van der Waals surface area (Å²) in [7, 11) is -2.29. The number of sulfonamides is 1. The molecule has 0 fully saturated rings. The van der Waals surface area contributed by atoms with E-state index in [4.69, 9.17) is 0 Å². The largest absolute Gasteiger partial charge is 0.354 e. The normalized spacial score (nSPS) is 12.0. The Bertz CT molecular complexity index is 848. The SMILES string of the molecule is CCN(CC)CCNC(=O)CN(C)S(=O)(=O)c1ccc2ccccc2c1. The fraction of sp³-hybridized carbons (Fsp3) is 0.421. The van der Waals surface area contributed by atoms with Gasteiger partial charge in [-0.2, -0.15) is 4.31 Å². The summed E-state index contributed by atoms with van der Waals surface area (Å²) in [5.41, 5.74) is 0. The van der Waals surface area contributed by atoms with Crippen LogP contribution in [0.15, 0.2) is 47.4 Å². The molecule has 0 spiro atoms. The molecule has 1 N–H and O–H groups in total. The smallest absolute Gasteiger partial charge is 0.243 e. The highest BCUT2D eigenvalue weighted by Gasteiger charge is 2.23. The Morgan fingerprint density at radius 3 is 2.35 bits per heavy atom. The molecule has 0 aromatic heterocycles. The second-order valence-corrected chi connectivity index (χ2v) is 8.19. The Kier molecular flexibility index (Phi) is 7.14. The number of fused-ring (bicyclic) bond motifs is 1. The summed E-state index contributed by atoms with van der Waals surface area (Å²) >= 11 is 0. The maximum atomic E-state index is 12.7. The third-order valence-corrected chi connectivity index (χ3v) is 6.24. The third kappa shape index (κ3) is 5.03. The molecule has 0 saturated carbocycles. The Morgan fingerprint density at radius 1 is 1.04 bits per heavy atom. The van der Waals surface area contributed by atoms with E-state index >= 15 is 0 Å². The van der Waals surface area contributed by atoms with Crippen molar-refractivity contribution >= 4 is 26.7 Å². The van der Waals surface area contributed by atoms with Crippen molar-refractivity contribution < 1.29 is 13.2 Å². The van der Waals surface area contributed by atoms with Crippen LogP contribution in [0.5, 0.6) is 0 Å². The van der Waals surface area contributed by atoms with Gasteiger partial charge in [-0.05, 0) is 36.0 Å². The van der Waals surface area contributed by atoms with Gasteiger partial charge in [0.2, 0.25) is 15.9 Å². The summed E-state index contributed by atoms with van der Waals surface area (Å²) in [5, 5.41) is 4.61. The lowest BCUT2D eigenvalue weighted by atomic mass is 10.1. The Morgan fingerprint density at radius 2 is 1.69 bits per heavy atom. The lowest BCUT2D eigenvalue weighted by Crippen LogP contribution is -2.41. The van der Waals surface area contributed by atoms with Gasteiger partial charge >= 0.3 is 0 Å². The molecule has 0 bridgehead atoms. The zero-order chi connectivity index (χ0) is 19.2. The van der Waals surface area contributed by atoms with Gasteiger partial charge in [0.25, 0.3) is 0 Å². The first-order chi connectivity index (χ1) is 12.4. The average molecular weight is 378 g/mol. The van der Waals surface area contributed by atoms with E-state index in [1.165, 1.54) is 7.05 Å². The summed E-state index contributed by atoms with van der Waals surface area (Å²) in [6, 6.07) is 12.6. The van der Waals surface area contributed by atoms with Crippen molar-refractivity contribution in [3.63, 3.8) is 0 Å². The number of benzene rings is 2. The molecule has 6 nitrogen and oxygen atoms in total. The van der Waals surface area contributed by atoms with E-state index in [2.05, 4.69) is 24.1 Å². The van der Waals surface area contributed by atoms with E-state index in [1.807, 2.05) is 24.3 Å². The maximum Gasteiger partial charge on any atom is 0.243 e. The van der Waals surface area contributed by atoms with Crippen molar-refractivity contribution in [1.82, 2.24) is 14.5 Å². The second kappa shape index (κ2) is 9.12. The van der Waals surface area contributed by atoms with E-state index in [-0.39, 0.29) is 17.3 Å². The number of carbonyl (C=O) groups is 1. The van der Waals surface area contributed by atoms with Crippen LogP contribution in [0.2, 0.25) is 0 Å². The number of carbonyl (C=O) groups excluding carboxylic acids is 1. The van der Waals surface area contributed by atoms with Crippen LogP contribution in [0.4, 0.5) is 0 Å². The van der Waals surface area contributed by atoms with Gasteiger partial charge in [-0.15, -0.1) is 0 Å². The van der Waals surface area contributed by atoms with Crippen molar-refractivity contribution in [1.29, 1.82) is 0 Å². The zero-order valence-electron chi connectivity index (χ0n) is 15.6. The summed E-state index contributed by atoms with van der Waals surface area (Å²) in [6.07, 6.45) is 0. The number of rotatable bonds is 9. The lowest BCUT2D eigenvalue weighted by molar-refractivity contribution is -0.121. The molecule has 142 valence electrons. The van der Waals surface area contributed by atoms with Crippen LogP contribution in [0.1, 0.15) is 13.8 Å². The van der Waals surface area contributed by atoms with E-state index in [1.54, 1.807) is 18.2 Å². The van der Waals surface area contributed by atoms with Crippen LogP contribution in [0.25, 0.3) is 10.8 Å². The number of nitrogens with zero attached hydrogens (tertiary/aromatic N) is 2. The fourth-order valence-corrected chi connectivity index (χ4v) is 3.91. The van der Waals surface area contributed by atoms with Crippen molar-refractivity contribution in [2.45, 2.75) is 18.7 Å². The number of nitrogens with one attached hydrogen (secondary N) is 1. The van der Waals surface area contributed by atoms with Crippen LogP contribution >= 0.6 is 0 Å². The number of hydrogen-bond acceptors (Lipinski definition) is 4. The Balaban J connectivity index is 2.00. The molecule has 0 radical (unpaired) electrons. The lowest BCUT2D eigenvalue weighted by Gasteiger charge is -2.20. The van der Waals surface area contributed by atoms with E-state index in [0.717, 1.165) is 34.7 Å². The molecule has 2 rings (SSSR count). The zero-order valence-corrected chi connectivity index (χ0v) is 16.4. The minimum atomic E-state index is -3.71. The molecule has 7 heteroatoms. The predicted molar refractivity (Wildman–Crippen MR) is 105 cm³/mol. The van der Waals surface area contributed by atoms with Gasteiger partial charge in [-0.1, -0.05) is 44.2 Å². The van der Waals surface area contributed by atoms with Crippen LogP contribution in [0.3, 0.4) is 0 Å². The minimum Gasteiger partial charge on any atom is -0.354 e. The van der Waals surface area contributed by atoms with E-state index in [0.29, 0.717) is 6.54 Å². The second-order valence-electron chi connectivity index (χ2n) is 6.15. The quantitative estimate of drug-likeness (QED) is 0.725. The van der Waals surface area contributed by atoms with Gasteiger partial charge in [0.15, 0.2) is 0 Å². The van der Waals surface area contributed by atoms with Crippen molar-refractivity contribution in [3.8, 4) is 0 Å². The fourth-order valence-electron chi connectivity index (χ4n) is 2.74. The molecule has 0 aliphatic carbocycles. The first-order valence-electron chi connectivity index (χ1n) is 8.82. The number of likely N-dealkylation sites (N-methyl/N-ethyl adjacent to an activating group) is 2. The Labute approximate surface area is 155 Å². The molecular weight excluding hydrogens is 350 g/mol. The van der Waals surface area contributed by atoms with E-state index in [9.17, 15) is 13.2 Å². The molecule has 0 aliphatic rings. The molecule has 1 amide bonds. The Hall–Kier alpha value is -1.96. The van der Waals surface area contributed by atoms with Crippen LogP contribution < -0.4 is 5.32 Å². The molecule has 0 unspecified atom stereocenters. The van der Waals surface area contributed by atoms with Gasteiger partial charge in [-0.3, -0.25) is 4.79 Å². The van der Waals surface area contributed by atoms with Gasteiger partial charge < -0.3 is 10.2 Å². The highest BCUT2D eigenvalue weighted by atomic mass is 32.2. The topological polar surface area (TPSA) is 69.7 Å². The summed E-state index contributed by atoms with van der Waals surface area (Å²) < 4.78 is 26.5. The van der Waals surface area contributed by atoms with Gasteiger partial charge in [0.05, 0.1) is 11.4 Å². The minimum absolute atomic E-state index is 0.189. The van der Waals surface area contributed by atoms with Crippen molar-refractivity contribution in [2.24, 2.45) is 0 Å². The predicted octanol–water partition coefficient (Wildman–Crippen LogP) is 1.92. The highest BCUT2D eigenvalue weighted by molar-refractivity contribution is 7.89. The summed E-state index contributed by atoms with van der Waals surface area (Å²) in [5.74, 6) is -0.302. The van der Waals surface area contributed by atoms with Crippen LogP contribution in [-0.4, -0.2) is 63.3 Å². The standard InChI is InChI=1S/C19H27N3O3S/c1-4-22(5-2)13-12-20-19(23)15-21(3)26(24,25)18-11-10-16-8-6-7-9-17(16)14-18/h6-11,14H,4-5,12-13,15H2,1-3H3,(H,20,23). The van der Waals surface area contributed by atoms with Crippen LogP contribution in [-0.2, 0) is 14.8 Å². The van der Waals surface area contributed by atoms with Gasteiger partial charge in [-0.25, -0.2) is 8.42 Å². The number of amides is 1. The molecule has 26 heavy (non-hydrogen) atoms. The number of hydrogen-bond donors (Lipinski definition) is 1. The van der Waals surface area contributed by atoms with Crippen molar-refractivity contribution in [3.05, 3.63) is 42.5 Å². The van der Waals surface area contributed by atoms with Gasteiger partial charge in [0.1, 0.15) is 0 Å². The summed E-state index contributed by atoms with van der Waals surface area (Å²) in [4.78, 5) is 14.4. The third-order valence-electron chi connectivity index (χ3n) is 4.44. The molecule has 0 atom stereocenters. The molecule has 0 aliphatic heterocycles. The monoisotopic (exact) mass is 377 g/mol. The molecule has 0 heterocycles. The first-order valence-corrected chi connectivity index (χ1v) is 10.3. The van der Waals surface area contributed by atoms with Crippen LogP contribution in [0, 0.1) is 0 Å².